The van der Waals surface area contributed by atoms with Crippen molar-refractivity contribution >= 4 is 23.0 Å². The standard InChI is InChI=1S/C34H34N2O3/c1-4-6-11-22-36(5-2)28-19-12-14-23(3)32(28)35-27-18-13-17-26-31(27)33(37)39-34(26)24-15-7-9-20-29(24)38-30-21-10-8-16-25(30)34/h7-10,12-21,35H,4-6,11,22H2,1-3H3. The fourth-order valence-electron chi connectivity index (χ4n) is 5.99. The van der Waals surface area contributed by atoms with E-state index in [4.69, 9.17) is 9.47 Å². The van der Waals surface area contributed by atoms with Crippen molar-refractivity contribution in [2.45, 2.75) is 45.6 Å². The van der Waals surface area contributed by atoms with E-state index in [2.05, 4.69) is 49.2 Å². The molecule has 0 aliphatic carbocycles. The van der Waals surface area contributed by atoms with Crippen molar-refractivity contribution in [3.63, 3.8) is 0 Å². The van der Waals surface area contributed by atoms with Crippen LogP contribution in [0.4, 0.5) is 17.1 Å². The van der Waals surface area contributed by atoms with E-state index >= 15 is 0 Å². The van der Waals surface area contributed by atoms with Crippen molar-refractivity contribution < 1.29 is 14.3 Å². The first-order valence-corrected chi connectivity index (χ1v) is 13.9. The van der Waals surface area contributed by atoms with Crippen molar-refractivity contribution in [2.75, 3.05) is 23.3 Å². The number of anilines is 3. The highest BCUT2D eigenvalue weighted by Crippen LogP contribution is 2.57. The lowest BCUT2D eigenvalue weighted by Gasteiger charge is -2.36. The van der Waals surface area contributed by atoms with Gasteiger partial charge in [-0.25, -0.2) is 4.79 Å². The predicted molar refractivity (Wildman–Crippen MR) is 157 cm³/mol. The number of nitrogens with zero attached hydrogens (tertiary/aromatic N) is 1. The zero-order chi connectivity index (χ0) is 27.0. The predicted octanol–water partition coefficient (Wildman–Crippen LogP) is 8.32. The highest BCUT2D eigenvalue weighted by Gasteiger charge is 2.54. The molecule has 5 heteroatoms. The van der Waals surface area contributed by atoms with Gasteiger partial charge in [-0.2, -0.15) is 0 Å². The van der Waals surface area contributed by atoms with Crippen LogP contribution in [0.1, 0.15) is 65.7 Å². The maximum atomic E-state index is 13.8. The van der Waals surface area contributed by atoms with Gasteiger partial charge in [0, 0.05) is 29.8 Å². The number of ether oxygens (including phenoxy) is 2. The van der Waals surface area contributed by atoms with Crippen LogP contribution in [0.3, 0.4) is 0 Å². The number of hydrogen-bond acceptors (Lipinski definition) is 5. The molecule has 0 unspecified atom stereocenters. The van der Waals surface area contributed by atoms with Crippen molar-refractivity contribution in [3.05, 3.63) is 113 Å². The van der Waals surface area contributed by atoms with Gasteiger partial charge in [0.25, 0.3) is 0 Å². The molecule has 2 aliphatic rings. The second-order valence-electron chi connectivity index (χ2n) is 10.3. The Bertz CT molecular complexity index is 1500. The van der Waals surface area contributed by atoms with E-state index in [9.17, 15) is 4.79 Å². The number of rotatable bonds is 8. The van der Waals surface area contributed by atoms with Crippen molar-refractivity contribution in [1.82, 2.24) is 0 Å². The van der Waals surface area contributed by atoms with Crippen LogP contribution < -0.4 is 15.0 Å². The van der Waals surface area contributed by atoms with Gasteiger partial charge in [-0.1, -0.05) is 80.4 Å². The van der Waals surface area contributed by atoms with E-state index in [1.807, 2.05) is 66.7 Å². The van der Waals surface area contributed by atoms with Gasteiger partial charge in [0.15, 0.2) is 5.60 Å². The Balaban J connectivity index is 1.48. The molecule has 0 bridgehead atoms. The lowest BCUT2D eigenvalue weighted by molar-refractivity contribution is 0.0225. The van der Waals surface area contributed by atoms with Gasteiger partial charge in [-0.05, 0) is 50.1 Å². The molecule has 0 saturated heterocycles. The highest BCUT2D eigenvalue weighted by atomic mass is 16.6. The van der Waals surface area contributed by atoms with Crippen LogP contribution >= 0.6 is 0 Å². The minimum Gasteiger partial charge on any atom is -0.456 e. The van der Waals surface area contributed by atoms with Crippen LogP contribution in [-0.4, -0.2) is 19.1 Å². The minimum atomic E-state index is -1.07. The van der Waals surface area contributed by atoms with Crippen molar-refractivity contribution in [2.24, 2.45) is 0 Å². The molecule has 2 heterocycles. The normalized spacial score (nSPS) is 14.2. The number of nitrogens with one attached hydrogen (secondary N) is 1. The summed E-state index contributed by atoms with van der Waals surface area (Å²) in [5, 5.41) is 3.67. The Hall–Kier alpha value is -4.25. The molecule has 1 N–H and O–H groups in total. The largest absolute Gasteiger partial charge is 0.456 e. The molecule has 0 aromatic heterocycles. The van der Waals surface area contributed by atoms with E-state index in [-0.39, 0.29) is 5.97 Å². The second-order valence-corrected chi connectivity index (χ2v) is 10.3. The molecule has 0 saturated carbocycles. The van der Waals surface area contributed by atoms with Crippen LogP contribution in [0.15, 0.2) is 84.9 Å². The summed E-state index contributed by atoms with van der Waals surface area (Å²) >= 11 is 0. The number of para-hydroxylation sites is 3. The van der Waals surface area contributed by atoms with Crippen molar-refractivity contribution in [3.8, 4) is 11.5 Å². The quantitative estimate of drug-likeness (QED) is 0.188. The fourth-order valence-corrected chi connectivity index (χ4v) is 5.99. The third kappa shape index (κ3) is 4.04. The lowest BCUT2D eigenvalue weighted by atomic mass is 9.77. The third-order valence-electron chi connectivity index (χ3n) is 7.91. The van der Waals surface area contributed by atoms with E-state index in [0.717, 1.165) is 58.8 Å². The van der Waals surface area contributed by atoms with Crippen LogP contribution in [0.25, 0.3) is 0 Å². The molecule has 0 radical (unpaired) electrons. The Morgan fingerprint density at radius 1 is 0.795 bits per heavy atom. The van der Waals surface area contributed by atoms with Crippen LogP contribution in [0.2, 0.25) is 0 Å². The molecule has 4 aromatic rings. The zero-order valence-electron chi connectivity index (χ0n) is 22.8. The van der Waals surface area contributed by atoms with E-state index < -0.39 is 5.60 Å². The summed E-state index contributed by atoms with van der Waals surface area (Å²) in [6.07, 6.45) is 3.54. The van der Waals surface area contributed by atoms with E-state index in [1.165, 1.54) is 12.8 Å². The fraction of sp³-hybridized carbons (Fsp3) is 0.265. The first kappa shape index (κ1) is 25.1. The van der Waals surface area contributed by atoms with Crippen LogP contribution in [0.5, 0.6) is 11.5 Å². The summed E-state index contributed by atoms with van der Waals surface area (Å²) in [4.78, 5) is 16.2. The average Bonchev–Trinajstić information content (AvgIpc) is 3.26. The Morgan fingerprint density at radius 3 is 2.15 bits per heavy atom. The molecular formula is C34H34N2O3. The summed E-state index contributed by atoms with van der Waals surface area (Å²) in [7, 11) is 0. The number of benzene rings is 4. The zero-order valence-corrected chi connectivity index (χ0v) is 22.8. The van der Waals surface area contributed by atoms with Gasteiger partial charge in [0.05, 0.1) is 22.6 Å². The molecule has 2 aliphatic heterocycles. The average molecular weight is 519 g/mol. The molecule has 1 spiro atoms. The molecule has 198 valence electrons. The monoisotopic (exact) mass is 518 g/mol. The summed E-state index contributed by atoms with van der Waals surface area (Å²) in [5.74, 6) is 1.05. The first-order valence-electron chi connectivity index (χ1n) is 13.9. The number of hydrogen-bond donors (Lipinski definition) is 1. The molecule has 0 atom stereocenters. The topological polar surface area (TPSA) is 50.8 Å². The summed E-state index contributed by atoms with van der Waals surface area (Å²) in [5.41, 5.74) is 6.02. The number of carbonyl (C=O) groups is 1. The Labute approximate surface area is 230 Å². The molecule has 0 fully saturated rings. The molecular weight excluding hydrogens is 484 g/mol. The maximum Gasteiger partial charge on any atom is 0.342 e. The van der Waals surface area contributed by atoms with Crippen LogP contribution in [0, 0.1) is 6.92 Å². The van der Waals surface area contributed by atoms with Gasteiger partial charge in [-0.3, -0.25) is 0 Å². The number of fused-ring (bicyclic) bond motifs is 6. The third-order valence-corrected chi connectivity index (χ3v) is 7.91. The summed E-state index contributed by atoms with van der Waals surface area (Å²) in [6, 6.07) is 28.0. The number of esters is 1. The number of aryl methyl sites for hydroxylation is 1. The second kappa shape index (κ2) is 10.1. The molecule has 6 rings (SSSR count). The molecule has 0 amide bonds. The smallest absolute Gasteiger partial charge is 0.342 e. The van der Waals surface area contributed by atoms with Crippen molar-refractivity contribution in [1.29, 1.82) is 0 Å². The van der Waals surface area contributed by atoms with Gasteiger partial charge in [-0.15, -0.1) is 0 Å². The van der Waals surface area contributed by atoms with E-state index in [1.54, 1.807) is 0 Å². The maximum absolute atomic E-state index is 13.8. The number of unbranched alkanes of at least 4 members (excludes halogenated alkanes) is 2. The van der Waals surface area contributed by atoms with Gasteiger partial charge in [0.2, 0.25) is 0 Å². The highest BCUT2D eigenvalue weighted by molar-refractivity contribution is 6.03. The van der Waals surface area contributed by atoms with Gasteiger partial charge < -0.3 is 19.7 Å². The van der Waals surface area contributed by atoms with Gasteiger partial charge in [0.1, 0.15) is 11.5 Å². The number of carbonyl (C=O) groups excluding carboxylic acids is 1. The SMILES string of the molecule is CCCCCN(CC)c1cccc(C)c1Nc1cccc2c1C(=O)OC21c2ccccc2Oc2ccccc21. The lowest BCUT2D eigenvalue weighted by Crippen LogP contribution is -2.32. The molecule has 39 heavy (non-hydrogen) atoms. The summed E-state index contributed by atoms with van der Waals surface area (Å²) in [6.45, 7) is 8.44. The Morgan fingerprint density at radius 2 is 1.46 bits per heavy atom. The van der Waals surface area contributed by atoms with E-state index in [0.29, 0.717) is 17.1 Å². The van der Waals surface area contributed by atoms with Gasteiger partial charge >= 0.3 is 5.97 Å². The summed E-state index contributed by atoms with van der Waals surface area (Å²) < 4.78 is 12.7. The Kier molecular flexibility index (Phi) is 6.51. The minimum absolute atomic E-state index is 0.343. The molecule has 4 aromatic carbocycles. The first-order chi connectivity index (χ1) is 19.1. The van der Waals surface area contributed by atoms with Crippen LogP contribution in [-0.2, 0) is 10.3 Å². The molecule has 5 nitrogen and oxygen atoms in total.